The fourth-order valence-corrected chi connectivity index (χ4v) is 2.97. The van der Waals surface area contributed by atoms with Crippen molar-refractivity contribution in [3.8, 4) is 0 Å². The molecule has 122 valence electrons. The molecule has 3 atom stereocenters. The molecule has 3 unspecified atom stereocenters. The van der Waals surface area contributed by atoms with Gasteiger partial charge in [0.15, 0.2) is 6.29 Å². The van der Waals surface area contributed by atoms with E-state index >= 15 is 0 Å². The van der Waals surface area contributed by atoms with Crippen LogP contribution in [0.5, 0.6) is 0 Å². The maximum atomic E-state index is 10.8. The highest BCUT2D eigenvalue weighted by Crippen LogP contribution is 2.44. The lowest BCUT2D eigenvalue weighted by Crippen LogP contribution is -2.46. The van der Waals surface area contributed by atoms with Crippen LogP contribution < -0.4 is 0 Å². The van der Waals surface area contributed by atoms with Gasteiger partial charge in [0.2, 0.25) is 0 Å². The average molecular weight is 286 g/mol. The Kier molecular flexibility index (Phi) is 7.24. The van der Waals surface area contributed by atoms with E-state index in [4.69, 9.17) is 4.74 Å². The lowest BCUT2D eigenvalue weighted by molar-refractivity contribution is -0.248. The Hall–Kier alpha value is -0.0800. The third kappa shape index (κ3) is 5.73. The van der Waals surface area contributed by atoms with Crippen molar-refractivity contribution in [3.05, 3.63) is 0 Å². The molecule has 0 aliphatic rings. The van der Waals surface area contributed by atoms with Crippen LogP contribution >= 0.6 is 0 Å². The predicted molar refractivity (Wildman–Crippen MR) is 87.7 cm³/mol. The number of hydrogen-bond donors (Lipinski definition) is 1. The van der Waals surface area contributed by atoms with Crippen molar-refractivity contribution in [2.75, 3.05) is 0 Å². The highest BCUT2D eigenvalue weighted by Gasteiger charge is 2.42. The Morgan fingerprint density at radius 3 is 1.80 bits per heavy atom. The van der Waals surface area contributed by atoms with Crippen LogP contribution in [0.25, 0.3) is 0 Å². The maximum Gasteiger partial charge on any atom is 0.160 e. The van der Waals surface area contributed by atoms with E-state index in [-0.39, 0.29) is 16.4 Å². The summed E-state index contributed by atoms with van der Waals surface area (Å²) in [5.74, 6) is 0.374. The van der Waals surface area contributed by atoms with E-state index < -0.39 is 6.29 Å². The Labute approximate surface area is 127 Å². The summed E-state index contributed by atoms with van der Waals surface area (Å²) in [5, 5.41) is 10.8. The molecule has 0 bridgehead atoms. The van der Waals surface area contributed by atoms with Gasteiger partial charge in [0.05, 0.1) is 5.60 Å². The molecule has 0 aromatic heterocycles. The van der Waals surface area contributed by atoms with Gasteiger partial charge in [0.25, 0.3) is 0 Å². The molecule has 0 rings (SSSR count). The minimum absolute atomic E-state index is 0.177. The van der Waals surface area contributed by atoms with Crippen LogP contribution in [-0.4, -0.2) is 17.0 Å². The monoisotopic (exact) mass is 286 g/mol. The summed E-state index contributed by atoms with van der Waals surface area (Å²) in [6, 6.07) is 0. The zero-order valence-corrected chi connectivity index (χ0v) is 15.3. The molecular weight excluding hydrogens is 248 g/mol. The average Bonchev–Trinajstić information content (AvgIpc) is 2.26. The summed E-state index contributed by atoms with van der Waals surface area (Å²) in [4.78, 5) is 0. The summed E-state index contributed by atoms with van der Waals surface area (Å²) in [6.07, 6.45) is 3.24. The summed E-state index contributed by atoms with van der Waals surface area (Å²) in [5.41, 5.74) is -0.263. The van der Waals surface area contributed by atoms with E-state index in [0.717, 1.165) is 25.7 Å². The van der Waals surface area contributed by atoms with Gasteiger partial charge >= 0.3 is 0 Å². The molecule has 0 saturated heterocycles. The van der Waals surface area contributed by atoms with Crippen molar-refractivity contribution in [2.24, 2.45) is 16.7 Å². The van der Waals surface area contributed by atoms with Gasteiger partial charge in [-0.25, -0.2) is 0 Å². The SMILES string of the molecule is CCCC(C)(CC)OC(O)C(C)(CC(C)(C)C)C(C)C. The van der Waals surface area contributed by atoms with E-state index in [1.165, 1.54) is 0 Å². The zero-order chi connectivity index (χ0) is 16.2. The predicted octanol–water partition coefficient (Wildman–Crippen LogP) is 5.39. The highest BCUT2D eigenvalue weighted by atomic mass is 16.6. The molecule has 1 N–H and O–H groups in total. The molecule has 2 heteroatoms. The third-order valence-electron chi connectivity index (χ3n) is 4.72. The molecular formula is C18H38O2. The second-order valence-corrected chi connectivity index (χ2v) is 8.42. The molecule has 0 amide bonds. The second-order valence-electron chi connectivity index (χ2n) is 8.42. The van der Waals surface area contributed by atoms with E-state index in [9.17, 15) is 5.11 Å². The topological polar surface area (TPSA) is 29.5 Å². The normalized spacial score (nSPS) is 20.6. The minimum Gasteiger partial charge on any atom is -0.367 e. The smallest absolute Gasteiger partial charge is 0.160 e. The summed E-state index contributed by atoms with van der Waals surface area (Å²) < 4.78 is 6.16. The van der Waals surface area contributed by atoms with Gasteiger partial charge in [-0.2, -0.15) is 0 Å². The molecule has 0 heterocycles. The molecule has 0 saturated carbocycles. The first-order valence-electron chi connectivity index (χ1n) is 8.26. The van der Waals surface area contributed by atoms with Crippen LogP contribution in [0, 0.1) is 16.7 Å². The van der Waals surface area contributed by atoms with Crippen LogP contribution in [0.3, 0.4) is 0 Å². The van der Waals surface area contributed by atoms with E-state index in [2.05, 4.69) is 62.3 Å². The first-order valence-corrected chi connectivity index (χ1v) is 8.26. The number of aliphatic hydroxyl groups is 1. The number of rotatable bonds is 8. The van der Waals surface area contributed by atoms with Gasteiger partial charge in [-0.1, -0.05) is 61.8 Å². The Morgan fingerprint density at radius 1 is 1.00 bits per heavy atom. The second kappa shape index (κ2) is 7.26. The van der Waals surface area contributed by atoms with Gasteiger partial charge in [0.1, 0.15) is 0 Å². The highest BCUT2D eigenvalue weighted by molar-refractivity contribution is 4.87. The van der Waals surface area contributed by atoms with Gasteiger partial charge in [-0.05, 0) is 37.5 Å². The first kappa shape index (κ1) is 19.9. The van der Waals surface area contributed by atoms with Gasteiger partial charge in [0, 0.05) is 5.41 Å². The van der Waals surface area contributed by atoms with Crippen LogP contribution in [0.4, 0.5) is 0 Å². The molecule has 0 aliphatic carbocycles. The van der Waals surface area contributed by atoms with Crippen LogP contribution in [0.1, 0.15) is 88.0 Å². The largest absolute Gasteiger partial charge is 0.367 e. The zero-order valence-electron chi connectivity index (χ0n) is 15.3. The molecule has 0 aliphatic heterocycles. The number of aliphatic hydroxyl groups excluding tert-OH is 1. The van der Waals surface area contributed by atoms with E-state index in [0.29, 0.717) is 5.92 Å². The molecule has 0 radical (unpaired) electrons. The fraction of sp³-hybridized carbons (Fsp3) is 1.00. The molecule has 0 aromatic carbocycles. The number of ether oxygens (including phenoxy) is 1. The van der Waals surface area contributed by atoms with Crippen molar-refractivity contribution in [3.63, 3.8) is 0 Å². The lowest BCUT2D eigenvalue weighted by Gasteiger charge is -2.45. The standard InChI is InChI=1S/C18H38O2/c1-10-12-17(8,11-2)20-15(19)18(9,14(3)4)13-16(5,6)7/h14-15,19H,10-13H2,1-9H3. The Morgan fingerprint density at radius 2 is 1.50 bits per heavy atom. The quantitative estimate of drug-likeness (QED) is 0.606. The van der Waals surface area contributed by atoms with Gasteiger partial charge < -0.3 is 9.84 Å². The van der Waals surface area contributed by atoms with Crippen molar-refractivity contribution in [2.45, 2.75) is 99.9 Å². The van der Waals surface area contributed by atoms with E-state index in [1.54, 1.807) is 0 Å². The maximum absolute atomic E-state index is 10.8. The fourth-order valence-electron chi connectivity index (χ4n) is 2.97. The molecule has 20 heavy (non-hydrogen) atoms. The van der Waals surface area contributed by atoms with Crippen LogP contribution in [-0.2, 0) is 4.74 Å². The third-order valence-corrected chi connectivity index (χ3v) is 4.72. The summed E-state index contributed by atoms with van der Waals surface area (Å²) in [7, 11) is 0. The van der Waals surface area contributed by atoms with Crippen molar-refractivity contribution < 1.29 is 9.84 Å². The summed E-state index contributed by atoms with van der Waals surface area (Å²) in [6.45, 7) is 19.6. The Bertz CT molecular complexity index is 280. The van der Waals surface area contributed by atoms with Crippen molar-refractivity contribution in [1.82, 2.24) is 0 Å². The van der Waals surface area contributed by atoms with Crippen LogP contribution in [0.15, 0.2) is 0 Å². The van der Waals surface area contributed by atoms with Gasteiger partial charge in [-0.3, -0.25) is 0 Å². The first-order chi connectivity index (χ1) is 8.90. The van der Waals surface area contributed by atoms with Crippen molar-refractivity contribution >= 4 is 0 Å². The molecule has 0 spiro atoms. The molecule has 2 nitrogen and oxygen atoms in total. The Balaban J connectivity index is 5.11. The van der Waals surface area contributed by atoms with Crippen LogP contribution in [0.2, 0.25) is 0 Å². The molecule has 0 fully saturated rings. The minimum atomic E-state index is -0.710. The lowest BCUT2D eigenvalue weighted by atomic mass is 9.68. The van der Waals surface area contributed by atoms with Gasteiger partial charge in [-0.15, -0.1) is 0 Å². The summed E-state index contributed by atoms with van der Waals surface area (Å²) >= 11 is 0. The van der Waals surface area contributed by atoms with E-state index in [1.807, 2.05) is 0 Å². The molecule has 0 aromatic rings. The number of hydrogen-bond acceptors (Lipinski definition) is 2. The van der Waals surface area contributed by atoms with Crippen molar-refractivity contribution in [1.29, 1.82) is 0 Å².